The van der Waals surface area contributed by atoms with Gasteiger partial charge in [-0.15, -0.1) is 0 Å². The van der Waals surface area contributed by atoms with Crippen molar-refractivity contribution < 1.29 is 9.53 Å². The maximum absolute atomic E-state index is 11.2. The first-order valence-electron chi connectivity index (χ1n) is 7.16. The van der Waals surface area contributed by atoms with Crippen LogP contribution in [0.2, 0.25) is 0 Å². The minimum absolute atomic E-state index is 0.154. The number of amides is 1. The normalized spacial score (nSPS) is 27.6. The Morgan fingerprint density at radius 3 is 2.61 bits per heavy atom. The molecule has 18 heavy (non-hydrogen) atoms. The summed E-state index contributed by atoms with van der Waals surface area (Å²) in [6.07, 6.45) is 8.88. The standard InChI is InChI=1S/C14H26N2O2/c1-13(2,12(15)17)16-10-11-6-9-14(18-11)7-4-3-5-8-14/h11,16H,3-10H2,1-2H3,(H2,15,17). The number of nitrogens with one attached hydrogen (secondary N) is 1. The fourth-order valence-corrected chi connectivity index (χ4v) is 3.06. The Morgan fingerprint density at radius 1 is 1.33 bits per heavy atom. The quantitative estimate of drug-likeness (QED) is 0.803. The molecule has 1 unspecified atom stereocenters. The highest BCUT2D eigenvalue weighted by Gasteiger charge is 2.41. The van der Waals surface area contributed by atoms with Crippen LogP contribution in [-0.4, -0.2) is 29.7 Å². The Kier molecular flexibility index (Phi) is 3.97. The first-order chi connectivity index (χ1) is 8.44. The molecule has 0 radical (unpaired) electrons. The van der Waals surface area contributed by atoms with Gasteiger partial charge in [0.25, 0.3) is 0 Å². The second-order valence-corrected chi connectivity index (χ2v) is 6.39. The summed E-state index contributed by atoms with van der Waals surface area (Å²) in [5.74, 6) is -0.312. The number of primary amides is 1. The van der Waals surface area contributed by atoms with Gasteiger partial charge in [0.2, 0.25) is 5.91 Å². The average molecular weight is 254 g/mol. The molecule has 1 aliphatic heterocycles. The Balaban J connectivity index is 1.81. The van der Waals surface area contributed by atoms with Crippen LogP contribution in [0.25, 0.3) is 0 Å². The number of ether oxygens (including phenoxy) is 1. The molecule has 2 rings (SSSR count). The monoisotopic (exact) mass is 254 g/mol. The van der Waals surface area contributed by atoms with E-state index in [0.717, 1.165) is 13.0 Å². The predicted molar refractivity (Wildman–Crippen MR) is 71.2 cm³/mol. The summed E-state index contributed by atoms with van der Waals surface area (Å²) >= 11 is 0. The van der Waals surface area contributed by atoms with Crippen LogP contribution < -0.4 is 11.1 Å². The van der Waals surface area contributed by atoms with E-state index in [-0.39, 0.29) is 17.6 Å². The summed E-state index contributed by atoms with van der Waals surface area (Å²) < 4.78 is 6.25. The Morgan fingerprint density at radius 2 is 2.00 bits per heavy atom. The third-order valence-electron chi connectivity index (χ3n) is 4.49. The van der Waals surface area contributed by atoms with E-state index in [0.29, 0.717) is 0 Å². The highest BCUT2D eigenvalue weighted by Crippen LogP contribution is 2.41. The van der Waals surface area contributed by atoms with Crippen LogP contribution in [0.4, 0.5) is 0 Å². The highest BCUT2D eigenvalue weighted by atomic mass is 16.5. The molecule has 4 heteroatoms. The minimum atomic E-state index is -0.647. The molecule has 1 heterocycles. The Bertz CT molecular complexity index is 309. The Hall–Kier alpha value is -0.610. The maximum Gasteiger partial charge on any atom is 0.237 e. The molecule has 1 spiro atoms. The van der Waals surface area contributed by atoms with Crippen LogP contribution in [0, 0.1) is 0 Å². The van der Waals surface area contributed by atoms with Gasteiger partial charge in [0.15, 0.2) is 0 Å². The fourth-order valence-electron chi connectivity index (χ4n) is 3.06. The van der Waals surface area contributed by atoms with Crippen molar-refractivity contribution in [2.45, 2.75) is 76.0 Å². The molecule has 4 nitrogen and oxygen atoms in total. The van der Waals surface area contributed by atoms with Crippen molar-refractivity contribution in [3.63, 3.8) is 0 Å². The number of hydrogen-bond donors (Lipinski definition) is 2. The fraction of sp³-hybridized carbons (Fsp3) is 0.929. The largest absolute Gasteiger partial charge is 0.370 e. The van der Waals surface area contributed by atoms with Crippen molar-refractivity contribution in [2.75, 3.05) is 6.54 Å². The molecule has 1 aliphatic carbocycles. The second-order valence-electron chi connectivity index (χ2n) is 6.39. The first kappa shape index (κ1) is 13.8. The van der Waals surface area contributed by atoms with E-state index < -0.39 is 5.54 Å². The van der Waals surface area contributed by atoms with Crippen LogP contribution in [0.3, 0.4) is 0 Å². The number of hydrogen-bond acceptors (Lipinski definition) is 3. The van der Waals surface area contributed by atoms with Crippen molar-refractivity contribution in [2.24, 2.45) is 5.73 Å². The Labute approximate surface area is 110 Å². The van der Waals surface area contributed by atoms with Gasteiger partial charge < -0.3 is 15.8 Å². The number of rotatable bonds is 4. The second kappa shape index (κ2) is 5.17. The van der Waals surface area contributed by atoms with Gasteiger partial charge in [0, 0.05) is 6.54 Å². The molecular formula is C14H26N2O2. The summed E-state index contributed by atoms with van der Waals surface area (Å²) in [6.45, 7) is 4.36. The predicted octanol–water partition coefficient (Wildman–Crippen LogP) is 1.72. The van der Waals surface area contributed by atoms with Crippen LogP contribution in [-0.2, 0) is 9.53 Å². The van der Waals surface area contributed by atoms with Crippen LogP contribution in [0.15, 0.2) is 0 Å². The lowest BCUT2D eigenvalue weighted by Crippen LogP contribution is -2.52. The molecule has 0 bridgehead atoms. The summed E-state index contributed by atoms with van der Waals surface area (Å²) in [4.78, 5) is 11.2. The maximum atomic E-state index is 11.2. The molecule has 2 fully saturated rings. The molecule has 1 saturated carbocycles. The molecule has 1 saturated heterocycles. The SMILES string of the molecule is CC(C)(NCC1CCC2(CCCCC2)O1)C(N)=O. The van der Waals surface area contributed by atoms with Gasteiger partial charge in [0.05, 0.1) is 17.2 Å². The summed E-state index contributed by atoms with van der Waals surface area (Å²) in [6, 6.07) is 0. The van der Waals surface area contributed by atoms with Gasteiger partial charge in [-0.1, -0.05) is 19.3 Å². The van der Waals surface area contributed by atoms with Crippen molar-refractivity contribution in [1.29, 1.82) is 0 Å². The summed E-state index contributed by atoms with van der Waals surface area (Å²) in [5.41, 5.74) is 4.86. The van der Waals surface area contributed by atoms with Crippen molar-refractivity contribution >= 4 is 5.91 Å². The van der Waals surface area contributed by atoms with E-state index in [2.05, 4.69) is 5.32 Å². The van der Waals surface area contributed by atoms with Gasteiger partial charge in [-0.25, -0.2) is 0 Å². The first-order valence-corrected chi connectivity index (χ1v) is 7.16. The topological polar surface area (TPSA) is 64.3 Å². The average Bonchev–Trinajstić information content (AvgIpc) is 2.71. The van der Waals surface area contributed by atoms with Crippen LogP contribution in [0.1, 0.15) is 58.8 Å². The van der Waals surface area contributed by atoms with Gasteiger partial charge in [0.1, 0.15) is 0 Å². The zero-order valence-electron chi connectivity index (χ0n) is 11.6. The van der Waals surface area contributed by atoms with E-state index in [9.17, 15) is 4.79 Å². The number of carbonyl (C=O) groups excluding carboxylic acids is 1. The van der Waals surface area contributed by atoms with Crippen molar-refractivity contribution in [3.05, 3.63) is 0 Å². The molecule has 1 atom stereocenters. The third kappa shape index (κ3) is 3.04. The molecule has 0 aromatic carbocycles. The lowest BCUT2D eigenvalue weighted by Gasteiger charge is -2.34. The van der Waals surface area contributed by atoms with Crippen molar-refractivity contribution in [1.82, 2.24) is 5.32 Å². The molecular weight excluding hydrogens is 228 g/mol. The zero-order chi connectivity index (χ0) is 13.2. The van der Waals surface area contributed by atoms with Gasteiger partial charge in [-0.3, -0.25) is 4.79 Å². The van der Waals surface area contributed by atoms with Crippen LogP contribution >= 0.6 is 0 Å². The molecule has 2 aliphatic rings. The summed E-state index contributed by atoms with van der Waals surface area (Å²) in [5, 5.41) is 3.22. The molecule has 3 N–H and O–H groups in total. The molecule has 0 aromatic heterocycles. The van der Waals surface area contributed by atoms with Crippen LogP contribution in [0.5, 0.6) is 0 Å². The van der Waals surface area contributed by atoms with Gasteiger partial charge >= 0.3 is 0 Å². The smallest absolute Gasteiger partial charge is 0.237 e. The molecule has 1 amide bonds. The van der Waals surface area contributed by atoms with Crippen molar-refractivity contribution in [3.8, 4) is 0 Å². The summed E-state index contributed by atoms with van der Waals surface area (Å²) in [7, 11) is 0. The molecule has 104 valence electrons. The van der Waals surface area contributed by atoms with E-state index >= 15 is 0 Å². The van der Waals surface area contributed by atoms with E-state index in [1.165, 1.54) is 38.5 Å². The minimum Gasteiger partial charge on any atom is -0.370 e. The zero-order valence-corrected chi connectivity index (χ0v) is 11.6. The number of carbonyl (C=O) groups is 1. The van der Waals surface area contributed by atoms with E-state index in [4.69, 9.17) is 10.5 Å². The highest BCUT2D eigenvalue weighted by molar-refractivity contribution is 5.83. The van der Waals surface area contributed by atoms with E-state index in [1.54, 1.807) is 0 Å². The van der Waals surface area contributed by atoms with Gasteiger partial charge in [-0.2, -0.15) is 0 Å². The third-order valence-corrected chi connectivity index (χ3v) is 4.49. The lowest BCUT2D eigenvalue weighted by molar-refractivity contribution is -0.123. The number of nitrogens with two attached hydrogens (primary N) is 1. The van der Waals surface area contributed by atoms with E-state index in [1.807, 2.05) is 13.8 Å². The lowest BCUT2D eigenvalue weighted by atomic mass is 9.83. The van der Waals surface area contributed by atoms with Gasteiger partial charge in [-0.05, 0) is 39.5 Å². The molecule has 0 aromatic rings.